The normalized spacial score (nSPS) is 12.2. The van der Waals surface area contributed by atoms with Crippen LogP contribution in [0.2, 0.25) is 0 Å². The first-order valence-corrected chi connectivity index (χ1v) is 7.00. The highest BCUT2D eigenvalue weighted by atomic mass is 32.2. The molecular formula is C14H13FO2S. The molecule has 0 aliphatic rings. The standard InChI is InChI=1S/C14H13FO2S/c1-18(16)12-8-6-11(7-9-12)13-4-2-3-5-14(13)17-10-15/h2-9H,10H2,1H3/t18-/m0/s1. The van der Waals surface area contributed by atoms with Gasteiger partial charge in [0.05, 0.1) is 0 Å². The Kier molecular flexibility index (Phi) is 4.23. The van der Waals surface area contributed by atoms with E-state index in [1.165, 1.54) is 0 Å². The van der Waals surface area contributed by atoms with Gasteiger partial charge in [-0.1, -0.05) is 18.2 Å². The monoisotopic (exact) mass is 264 g/mol. The lowest BCUT2D eigenvalue weighted by Gasteiger charge is -2.10. The van der Waals surface area contributed by atoms with Gasteiger partial charge in [-0.3, -0.25) is 0 Å². The summed E-state index contributed by atoms with van der Waals surface area (Å²) in [7, 11) is 0. The topological polar surface area (TPSA) is 32.3 Å². The molecule has 0 radical (unpaired) electrons. The van der Waals surface area contributed by atoms with E-state index in [0.717, 1.165) is 16.0 Å². The van der Waals surface area contributed by atoms with Gasteiger partial charge in [0.15, 0.2) is 4.90 Å². The minimum absolute atomic E-state index is 0.505. The molecule has 18 heavy (non-hydrogen) atoms. The summed E-state index contributed by atoms with van der Waals surface area (Å²) in [5.74, 6) is 0.505. The number of alkyl halides is 1. The van der Waals surface area contributed by atoms with Gasteiger partial charge in [-0.25, -0.2) is 4.39 Å². The van der Waals surface area contributed by atoms with Gasteiger partial charge in [0, 0.05) is 5.56 Å². The summed E-state index contributed by atoms with van der Waals surface area (Å²) in [5, 5.41) is 0. The van der Waals surface area contributed by atoms with Gasteiger partial charge >= 0.3 is 0 Å². The molecule has 0 aromatic heterocycles. The Labute approximate surface area is 109 Å². The van der Waals surface area contributed by atoms with Crippen LogP contribution in [0.1, 0.15) is 0 Å². The molecule has 0 aliphatic carbocycles. The fraction of sp³-hybridized carbons (Fsp3) is 0.143. The first kappa shape index (κ1) is 12.9. The van der Waals surface area contributed by atoms with Crippen LogP contribution in [0.5, 0.6) is 5.75 Å². The number of para-hydroxylation sites is 1. The second-order valence-electron chi connectivity index (χ2n) is 3.73. The number of hydrogen-bond donors (Lipinski definition) is 0. The number of halogens is 1. The van der Waals surface area contributed by atoms with Crippen molar-refractivity contribution in [2.75, 3.05) is 13.1 Å². The van der Waals surface area contributed by atoms with Crippen LogP contribution >= 0.6 is 0 Å². The van der Waals surface area contributed by atoms with E-state index >= 15 is 0 Å². The van der Waals surface area contributed by atoms with Crippen LogP contribution in [-0.4, -0.2) is 17.7 Å². The molecule has 94 valence electrons. The summed E-state index contributed by atoms with van der Waals surface area (Å²) >= 11 is -0.994. The molecule has 2 aromatic rings. The Hall–Kier alpha value is -1.52. The van der Waals surface area contributed by atoms with Crippen LogP contribution in [0.4, 0.5) is 4.39 Å². The molecule has 0 amide bonds. The fourth-order valence-electron chi connectivity index (χ4n) is 1.72. The average molecular weight is 264 g/mol. The van der Waals surface area contributed by atoms with E-state index in [1.807, 2.05) is 24.3 Å². The molecule has 0 spiro atoms. The smallest absolute Gasteiger partial charge is 0.228 e. The molecule has 0 N–H and O–H groups in total. The zero-order valence-electron chi connectivity index (χ0n) is 9.93. The molecule has 1 atom stereocenters. The highest BCUT2D eigenvalue weighted by molar-refractivity contribution is 7.90. The molecule has 0 bridgehead atoms. The van der Waals surface area contributed by atoms with Crippen molar-refractivity contribution in [3.63, 3.8) is 0 Å². The summed E-state index contributed by atoms with van der Waals surface area (Å²) in [6, 6.07) is 14.6. The molecule has 2 rings (SSSR count). The molecule has 0 saturated heterocycles. The Morgan fingerprint density at radius 2 is 1.78 bits per heavy atom. The predicted octanol–water partition coefficient (Wildman–Crippen LogP) is 3.40. The van der Waals surface area contributed by atoms with Crippen molar-refractivity contribution < 1.29 is 13.7 Å². The van der Waals surface area contributed by atoms with E-state index in [0.29, 0.717) is 5.75 Å². The van der Waals surface area contributed by atoms with Gasteiger partial charge in [-0.15, -0.1) is 0 Å². The third kappa shape index (κ3) is 2.83. The molecule has 4 heteroatoms. The van der Waals surface area contributed by atoms with E-state index < -0.39 is 18.0 Å². The van der Waals surface area contributed by atoms with Gasteiger partial charge in [-0.2, -0.15) is 0 Å². The largest absolute Gasteiger partial charge is 0.612 e. The van der Waals surface area contributed by atoms with Gasteiger partial charge in [0.1, 0.15) is 12.0 Å². The second kappa shape index (κ2) is 5.89. The predicted molar refractivity (Wildman–Crippen MR) is 70.8 cm³/mol. The van der Waals surface area contributed by atoms with Crippen LogP contribution in [0, 0.1) is 0 Å². The Bertz CT molecular complexity index is 511. The number of rotatable bonds is 4. The summed E-state index contributed by atoms with van der Waals surface area (Å²) in [4.78, 5) is 0.766. The van der Waals surface area contributed by atoms with Crippen molar-refractivity contribution in [1.82, 2.24) is 0 Å². The third-order valence-corrected chi connectivity index (χ3v) is 3.53. The number of hydrogen-bond acceptors (Lipinski definition) is 2. The first-order valence-electron chi connectivity index (χ1n) is 5.44. The van der Waals surface area contributed by atoms with Crippen molar-refractivity contribution in [1.29, 1.82) is 0 Å². The van der Waals surface area contributed by atoms with Crippen molar-refractivity contribution in [2.45, 2.75) is 4.90 Å². The number of ether oxygens (including phenoxy) is 1. The summed E-state index contributed by atoms with van der Waals surface area (Å²) < 4.78 is 28.5. The van der Waals surface area contributed by atoms with E-state index in [1.54, 1.807) is 30.5 Å². The Morgan fingerprint density at radius 3 is 2.39 bits per heavy atom. The maximum absolute atomic E-state index is 12.3. The quantitative estimate of drug-likeness (QED) is 0.793. The minimum Gasteiger partial charge on any atom is -0.612 e. The maximum atomic E-state index is 12.3. The van der Waals surface area contributed by atoms with Crippen LogP contribution in [0.25, 0.3) is 11.1 Å². The molecule has 2 aromatic carbocycles. The molecule has 0 unspecified atom stereocenters. The van der Waals surface area contributed by atoms with E-state index in [-0.39, 0.29) is 0 Å². The molecule has 0 saturated carbocycles. The first-order chi connectivity index (χ1) is 8.72. The van der Waals surface area contributed by atoms with Gasteiger partial charge < -0.3 is 9.29 Å². The van der Waals surface area contributed by atoms with Gasteiger partial charge in [0.25, 0.3) is 0 Å². The van der Waals surface area contributed by atoms with Gasteiger partial charge in [0.2, 0.25) is 6.86 Å². The van der Waals surface area contributed by atoms with Crippen molar-refractivity contribution in [2.24, 2.45) is 0 Å². The highest BCUT2D eigenvalue weighted by Crippen LogP contribution is 2.30. The van der Waals surface area contributed by atoms with E-state index in [2.05, 4.69) is 0 Å². The molecule has 0 fully saturated rings. The van der Waals surface area contributed by atoms with Crippen molar-refractivity contribution in [3.8, 4) is 16.9 Å². The summed E-state index contributed by atoms with van der Waals surface area (Å²) in [6.07, 6.45) is 1.63. The van der Waals surface area contributed by atoms with Crippen molar-refractivity contribution in [3.05, 3.63) is 48.5 Å². The van der Waals surface area contributed by atoms with Crippen LogP contribution in [0.15, 0.2) is 53.4 Å². The Morgan fingerprint density at radius 1 is 1.11 bits per heavy atom. The molecule has 0 aliphatic heterocycles. The molecular weight excluding hydrogens is 251 g/mol. The zero-order chi connectivity index (χ0) is 13.0. The zero-order valence-corrected chi connectivity index (χ0v) is 10.7. The van der Waals surface area contributed by atoms with Crippen LogP contribution < -0.4 is 4.74 Å². The SMILES string of the molecule is C[S@+]([O-])c1ccc(-c2ccccc2OCF)cc1. The lowest BCUT2D eigenvalue weighted by molar-refractivity contribution is 0.192. The molecule has 0 heterocycles. The third-order valence-electron chi connectivity index (χ3n) is 2.59. The van der Waals surface area contributed by atoms with Crippen molar-refractivity contribution >= 4 is 11.2 Å². The van der Waals surface area contributed by atoms with E-state index in [9.17, 15) is 8.94 Å². The lowest BCUT2D eigenvalue weighted by atomic mass is 10.1. The Balaban J connectivity index is 2.36. The maximum Gasteiger partial charge on any atom is 0.228 e. The number of benzene rings is 2. The summed E-state index contributed by atoms with van der Waals surface area (Å²) in [6.45, 7) is -0.853. The summed E-state index contributed by atoms with van der Waals surface area (Å²) in [5.41, 5.74) is 1.73. The fourth-order valence-corrected chi connectivity index (χ4v) is 2.24. The van der Waals surface area contributed by atoms with Crippen LogP contribution in [-0.2, 0) is 11.2 Å². The minimum atomic E-state index is -0.994. The van der Waals surface area contributed by atoms with Crippen LogP contribution in [0.3, 0.4) is 0 Å². The highest BCUT2D eigenvalue weighted by Gasteiger charge is 2.08. The average Bonchev–Trinajstić information content (AvgIpc) is 2.40. The van der Waals surface area contributed by atoms with Gasteiger partial charge in [-0.05, 0) is 47.1 Å². The molecule has 2 nitrogen and oxygen atoms in total. The lowest BCUT2D eigenvalue weighted by Crippen LogP contribution is -1.97. The van der Waals surface area contributed by atoms with E-state index in [4.69, 9.17) is 4.74 Å². The second-order valence-corrected chi connectivity index (χ2v) is 5.11.